The number of aliphatic hydroxyl groups excluding tert-OH is 1. The van der Waals surface area contributed by atoms with Gasteiger partial charge >= 0.3 is 0 Å². The van der Waals surface area contributed by atoms with Crippen LogP contribution in [0, 0.1) is 0 Å². The van der Waals surface area contributed by atoms with E-state index < -0.39 is 6.29 Å². The maximum absolute atomic E-state index is 8.66. The second-order valence-corrected chi connectivity index (χ2v) is 2.73. The summed E-state index contributed by atoms with van der Waals surface area (Å²) in [6.07, 6.45) is -1.16. The van der Waals surface area contributed by atoms with Crippen molar-refractivity contribution in [2.24, 2.45) is 5.73 Å². The van der Waals surface area contributed by atoms with Gasteiger partial charge in [0.05, 0.1) is 0 Å². The first kappa shape index (κ1) is 9.19. The van der Waals surface area contributed by atoms with E-state index in [1.807, 2.05) is 30.3 Å². The standard InChI is InChI=1S/C9H13NO2/c10-8(6-9(11)12)7-4-2-1-3-5-7/h1-5,8-9,11-12H,6,10H2. The van der Waals surface area contributed by atoms with Crippen LogP contribution in [0.2, 0.25) is 0 Å². The molecule has 0 amide bonds. The molecule has 1 aromatic rings. The van der Waals surface area contributed by atoms with Gasteiger partial charge < -0.3 is 15.9 Å². The van der Waals surface area contributed by atoms with Gasteiger partial charge in [-0.25, -0.2) is 0 Å². The van der Waals surface area contributed by atoms with Crippen LogP contribution < -0.4 is 5.73 Å². The molecule has 4 N–H and O–H groups in total. The molecule has 0 heterocycles. The first-order valence-electron chi connectivity index (χ1n) is 3.87. The molecule has 0 saturated heterocycles. The molecule has 1 unspecified atom stereocenters. The molecule has 0 fully saturated rings. The van der Waals surface area contributed by atoms with E-state index in [1.165, 1.54) is 0 Å². The minimum Gasteiger partial charge on any atom is -0.368 e. The third-order valence-corrected chi connectivity index (χ3v) is 1.69. The summed E-state index contributed by atoms with van der Waals surface area (Å²) in [6.45, 7) is 0. The van der Waals surface area contributed by atoms with Gasteiger partial charge in [0.15, 0.2) is 6.29 Å². The number of nitrogens with two attached hydrogens (primary N) is 1. The fraction of sp³-hybridized carbons (Fsp3) is 0.333. The summed E-state index contributed by atoms with van der Waals surface area (Å²) in [5.41, 5.74) is 6.60. The normalized spacial score (nSPS) is 13.3. The Hall–Kier alpha value is -0.900. The number of aliphatic hydroxyl groups is 2. The van der Waals surface area contributed by atoms with E-state index in [9.17, 15) is 0 Å². The monoisotopic (exact) mass is 167 g/mol. The molecule has 12 heavy (non-hydrogen) atoms. The predicted octanol–water partition coefficient (Wildman–Crippen LogP) is 0.387. The summed E-state index contributed by atoms with van der Waals surface area (Å²) in [5.74, 6) is 0. The smallest absolute Gasteiger partial charge is 0.153 e. The fourth-order valence-electron chi connectivity index (χ4n) is 1.06. The Morgan fingerprint density at radius 2 is 1.75 bits per heavy atom. The minimum absolute atomic E-state index is 0.171. The van der Waals surface area contributed by atoms with Crippen molar-refractivity contribution in [1.82, 2.24) is 0 Å². The highest BCUT2D eigenvalue weighted by atomic mass is 16.5. The first-order valence-corrected chi connectivity index (χ1v) is 3.87. The van der Waals surface area contributed by atoms with Crippen LogP contribution in [0.25, 0.3) is 0 Å². The van der Waals surface area contributed by atoms with Crippen LogP contribution in [0.4, 0.5) is 0 Å². The summed E-state index contributed by atoms with van der Waals surface area (Å²) in [5, 5.41) is 17.3. The Kier molecular flexibility index (Phi) is 3.22. The first-order chi connectivity index (χ1) is 5.70. The molecule has 0 aliphatic heterocycles. The Labute approximate surface area is 71.5 Å². The van der Waals surface area contributed by atoms with Gasteiger partial charge in [-0.2, -0.15) is 0 Å². The lowest BCUT2D eigenvalue weighted by Gasteiger charge is -2.12. The molecule has 1 atom stereocenters. The molecule has 0 bridgehead atoms. The number of benzene rings is 1. The number of hydrogen-bond donors (Lipinski definition) is 3. The van der Waals surface area contributed by atoms with E-state index >= 15 is 0 Å². The second kappa shape index (κ2) is 4.21. The molecular weight excluding hydrogens is 154 g/mol. The number of rotatable bonds is 3. The predicted molar refractivity (Wildman–Crippen MR) is 46.2 cm³/mol. The van der Waals surface area contributed by atoms with Gasteiger partial charge in [-0.1, -0.05) is 30.3 Å². The van der Waals surface area contributed by atoms with Crippen LogP contribution in [-0.4, -0.2) is 16.5 Å². The molecule has 66 valence electrons. The molecule has 3 nitrogen and oxygen atoms in total. The highest BCUT2D eigenvalue weighted by molar-refractivity contribution is 5.18. The van der Waals surface area contributed by atoms with Gasteiger partial charge in [-0.15, -0.1) is 0 Å². The van der Waals surface area contributed by atoms with Crippen molar-refractivity contribution in [2.45, 2.75) is 18.8 Å². The highest BCUT2D eigenvalue weighted by Crippen LogP contribution is 2.13. The molecule has 1 aromatic carbocycles. The van der Waals surface area contributed by atoms with Crippen LogP contribution in [0.5, 0.6) is 0 Å². The van der Waals surface area contributed by atoms with Crippen LogP contribution in [0.15, 0.2) is 30.3 Å². The lowest BCUT2D eigenvalue weighted by molar-refractivity contribution is -0.0494. The quantitative estimate of drug-likeness (QED) is 0.570. The van der Waals surface area contributed by atoms with Crippen LogP contribution >= 0.6 is 0 Å². The highest BCUT2D eigenvalue weighted by Gasteiger charge is 2.08. The van der Waals surface area contributed by atoms with Crippen LogP contribution in [-0.2, 0) is 0 Å². The average Bonchev–Trinajstić information content (AvgIpc) is 2.05. The van der Waals surface area contributed by atoms with E-state index in [0.29, 0.717) is 0 Å². The summed E-state index contributed by atoms with van der Waals surface area (Å²) in [4.78, 5) is 0. The Morgan fingerprint density at radius 1 is 1.17 bits per heavy atom. The van der Waals surface area contributed by atoms with Gasteiger partial charge in [0.25, 0.3) is 0 Å². The van der Waals surface area contributed by atoms with E-state index in [1.54, 1.807) is 0 Å². The van der Waals surface area contributed by atoms with Crippen molar-refractivity contribution in [2.75, 3.05) is 0 Å². The zero-order valence-electron chi connectivity index (χ0n) is 6.72. The molecule has 1 rings (SSSR count). The maximum atomic E-state index is 8.66. The Bertz CT molecular complexity index is 223. The second-order valence-electron chi connectivity index (χ2n) is 2.73. The largest absolute Gasteiger partial charge is 0.368 e. The third-order valence-electron chi connectivity index (χ3n) is 1.69. The molecule has 0 spiro atoms. The van der Waals surface area contributed by atoms with Crippen LogP contribution in [0.3, 0.4) is 0 Å². The third kappa shape index (κ3) is 2.62. The van der Waals surface area contributed by atoms with E-state index in [2.05, 4.69) is 0 Å². The molecule has 0 aliphatic carbocycles. The summed E-state index contributed by atoms with van der Waals surface area (Å²) in [7, 11) is 0. The topological polar surface area (TPSA) is 66.5 Å². The Morgan fingerprint density at radius 3 is 2.25 bits per heavy atom. The van der Waals surface area contributed by atoms with Gasteiger partial charge in [-0.3, -0.25) is 0 Å². The summed E-state index contributed by atoms with van der Waals surface area (Å²) < 4.78 is 0. The van der Waals surface area contributed by atoms with E-state index in [-0.39, 0.29) is 12.5 Å². The van der Waals surface area contributed by atoms with Crippen LogP contribution in [0.1, 0.15) is 18.0 Å². The zero-order chi connectivity index (χ0) is 8.97. The summed E-state index contributed by atoms with van der Waals surface area (Å²) in [6, 6.07) is 9.08. The number of hydrogen-bond acceptors (Lipinski definition) is 3. The SMILES string of the molecule is NC(CC(O)O)c1ccccc1. The van der Waals surface area contributed by atoms with Crippen molar-refractivity contribution in [3.63, 3.8) is 0 Å². The molecular formula is C9H13NO2. The Balaban J connectivity index is 2.59. The van der Waals surface area contributed by atoms with Gasteiger partial charge in [0.2, 0.25) is 0 Å². The van der Waals surface area contributed by atoms with Crippen molar-refractivity contribution in [3.05, 3.63) is 35.9 Å². The summed E-state index contributed by atoms with van der Waals surface area (Å²) >= 11 is 0. The van der Waals surface area contributed by atoms with Crippen molar-refractivity contribution >= 4 is 0 Å². The van der Waals surface area contributed by atoms with Crippen molar-refractivity contribution in [3.8, 4) is 0 Å². The van der Waals surface area contributed by atoms with Gasteiger partial charge in [0, 0.05) is 12.5 Å². The van der Waals surface area contributed by atoms with Gasteiger partial charge in [0.1, 0.15) is 0 Å². The molecule has 3 heteroatoms. The van der Waals surface area contributed by atoms with E-state index in [4.69, 9.17) is 15.9 Å². The molecule has 0 radical (unpaired) electrons. The lowest BCUT2D eigenvalue weighted by Crippen LogP contribution is -2.17. The fourth-order valence-corrected chi connectivity index (χ4v) is 1.06. The molecule has 0 aromatic heterocycles. The van der Waals surface area contributed by atoms with Crippen molar-refractivity contribution in [1.29, 1.82) is 0 Å². The molecule has 0 saturated carbocycles. The molecule has 0 aliphatic rings. The lowest BCUT2D eigenvalue weighted by atomic mass is 10.1. The maximum Gasteiger partial charge on any atom is 0.153 e. The minimum atomic E-state index is -1.33. The average molecular weight is 167 g/mol. The zero-order valence-corrected chi connectivity index (χ0v) is 6.72. The van der Waals surface area contributed by atoms with Crippen molar-refractivity contribution < 1.29 is 10.2 Å². The van der Waals surface area contributed by atoms with Gasteiger partial charge in [-0.05, 0) is 5.56 Å². The van der Waals surface area contributed by atoms with E-state index in [0.717, 1.165) is 5.56 Å².